The molecule has 0 atom stereocenters. The zero-order chi connectivity index (χ0) is 19.3. The molecular weight excluding hydrogens is 344 g/mol. The van der Waals surface area contributed by atoms with Crippen LogP contribution in [0.5, 0.6) is 5.75 Å². The highest BCUT2D eigenvalue weighted by Gasteiger charge is 2.10. The van der Waals surface area contributed by atoms with Crippen molar-refractivity contribution in [3.8, 4) is 5.75 Å². The van der Waals surface area contributed by atoms with Gasteiger partial charge in [-0.25, -0.2) is 4.79 Å². The number of urea groups is 1. The SMILES string of the molecule is CCN(CC)CCOc1ccccc1NC(=O)NCCCN1CCOCC1. The van der Waals surface area contributed by atoms with E-state index in [9.17, 15) is 4.79 Å². The molecule has 1 aromatic carbocycles. The van der Waals surface area contributed by atoms with Crippen molar-refractivity contribution >= 4 is 11.7 Å². The van der Waals surface area contributed by atoms with E-state index in [1.54, 1.807) is 0 Å². The second-order valence-corrected chi connectivity index (χ2v) is 6.56. The van der Waals surface area contributed by atoms with Crippen LogP contribution >= 0.6 is 0 Å². The van der Waals surface area contributed by atoms with Crippen molar-refractivity contribution in [3.05, 3.63) is 24.3 Å². The lowest BCUT2D eigenvalue weighted by Gasteiger charge is -2.26. The Labute approximate surface area is 163 Å². The fraction of sp³-hybridized carbons (Fsp3) is 0.650. The van der Waals surface area contributed by atoms with Crippen molar-refractivity contribution in [1.29, 1.82) is 0 Å². The maximum absolute atomic E-state index is 12.2. The summed E-state index contributed by atoms with van der Waals surface area (Å²) in [4.78, 5) is 16.8. The van der Waals surface area contributed by atoms with Crippen molar-refractivity contribution in [3.63, 3.8) is 0 Å². The Kier molecular flexibility index (Phi) is 9.97. The van der Waals surface area contributed by atoms with E-state index >= 15 is 0 Å². The summed E-state index contributed by atoms with van der Waals surface area (Å²) in [6.07, 6.45) is 0.926. The van der Waals surface area contributed by atoms with Crippen LogP contribution in [-0.2, 0) is 4.74 Å². The molecule has 2 amide bonds. The van der Waals surface area contributed by atoms with Gasteiger partial charge in [-0.15, -0.1) is 0 Å². The van der Waals surface area contributed by atoms with Gasteiger partial charge in [-0.1, -0.05) is 26.0 Å². The van der Waals surface area contributed by atoms with E-state index < -0.39 is 0 Å². The Bertz CT molecular complexity index is 546. The zero-order valence-electron chi connectivity index (χ0n) is 16.7. The van der Waals surface area contributed by atoms with E-state index in [-0.39, 0.29) is 6.03 Å². The van der Waals surface area contributed by atoms with E-state index in [0.29, 0.717) is 24.6 Å². The number of nitrogens with one attached hydrogen (secondary N) is 2. The largest absolute Gasteiger partial charge is 0.490 e. The normalized spacial score (nSPS) is 14.9. The molecule has 0 saturated carbocycles. The van der Waals surface area contributed by atoms with Crippen molar-refractivity contribution in [2.75, 3.05) is 71.0 Å². The molecule has 1 aromatic rings. The van der Waals surface area contributed by atoms with Gasteiger partial charge in [0.1, 0.15) is 12.4 Å². The van der Waals surface area contributed by atoms with Crippen LogP contribution in [0.1, 0.15) is 20.3 Å². The quantitative estimate of drug-likeness (QED) is 0.578. The number of para-hydroxylation sites is 2. The van der Waals surface area contributed by atoms with Gasteiger partial charge in [0.2, 0.25) is 0 Å². The molecule has 1 fully saturated rings. The summed E-state index contributed by atoms with van der Waals surface area (Å²) in [7, 11) is 0. The fourth-order valence-corrected chi connectivity index (χ4v) is 3.02. The molecule has 1 aliphatic rings. The molecule has 1 heterocycles. The van der Waals surface area contributed by atoms with Gasteiger partial charge in [0.05, 0.1) is 18.9 Å². The first-order valence-electron chi connectivity index (χ1n) is 10.0. The van der Waals surface area contributed by atoms with Gasteiger partial charge in [-0.2, -0.15) is 0 Å². The number of carbonyl (C=O) groups excluding carboxylic acids is 1. The van der Waals surface area contributed by atoms with Crippen LogP contribution in [-0.4, -0.2) is 81.5 Å². The van der Waals surface area contributed by atoms with Crippen LogP contribution in [0.4, 0.5) is 10.5 Å². The number of likely N-dealkylation sites (N-methyl/N-ethyl adjacent to an activating group) is 1. The van der Waals surface area contributed by atoms with Crippen LogP contribution in [0.2, 0.25) is 0 Å². The highest BCUT2D eigenvalue weighted by molar-refractivity contribution is 5.90. The molecule has 0 radical (unpaired) electrons. The summed E-state index contributed by atoms with van der Waals surface area (Å²) in [5, 5.41) is 5.81. The predicted molar refractivity (Wildman–Crippen MR) is 109 cm³/mol. The molecular formula is C20H34N4O3. The number of amides is 2. The Morgan fingerprint density at radius 1 is 1.22 bits per heavy atom. The molecule has 0 spiro atoms. The standard InChI is InChI=1S/C20H34N4O3/c1-3-23(4-2)14-17-27-19-9-6-5-8-18(19)22-20(25)21-10-7-11-24-12-15-26-16-13-24/h5-6,8-9H,3-4,7,10-17H2,1-2H3,(H2,21,22,25). The number of nitrogens with zero attached hydrogens (tertiary/aromatic N) is 2. The van der Waals surface area contributed by atoms with E-state index in [1.165, 1.54) is 0 Å². The van der Waals surface area contributed by atoms with E-state index in [2.05, 4.69) is 34.3 Å². The number of morpholine rings is 1. The lowest BCUT2D eigenvalue weighted by atomic mass is 10.3. The van der Waals surface area contributed by atoms with E-state index in [4.69, 9.17) is 9.47 Å². The Hall–Kier alpha value is -1.83. The molecule has 0 bridgehead atoms. The Morgan fingerprint density at radius 3 is 2.70 bits per heavy atom. The first-order chi connectivity index (χ1) is 13.2. The van der Waals surface area contributed by atoms with Crippen molar-refractivity contribution in [2.24, 2.45) is 0 Å². The molecule has 7 nitrogen and oxygen atoms in total. The monoisotopic (exact) mass is 378 g/mol. The third-order valence-electron chi connectivity index (χ3n) is 4.74. The highest BCUT2D eigenvalue weighted by atomic mass is 16.5. The highest BCUT2D eigenvalue weighted by Crippen LogP contribution is 2.23. The average Bonchev–Trinajstić information content (AvgIpc) is 2.70. The molecule has 152 valence electrons. The zero-order valence-corrected chi connectivity index (χ0v) is 16.7. The minimum absolute atomic E-state index is 0.197. The van der Waals surface area contributed by atoms with Crippen molar-refractivity contribution < 1.29 is 14.3 Å². The van der Waals surface area contributed by atoms with Crippen LogP contribution in [0.25, 0.3) is 0 Å². The second kappa shape index (κ2) is 12.5. The first kappa shape index (κ1) is 21.5. The predicted octanol–water partition coefficient (Wildman–Crippen LogP) is 2.25. The molecule has 0 unspecified atom stereocenters. The van der Waals surface area contributed by atoms with E-state index in [0.717, 1.165) is 58.9 Å². The number of hydrogen-bond donors (Lipinski definition) is 2. The van der Waals surface area contributed by atoms with Gasteiger partial charge in [-0.3, -0.25) is 4.90 Å². The topological polar surface area (TPSA) is 66.1 Å². The molecule has 7 heteroatoms. The van der Waals surface area contributed by atoms with Crippen molar-refractivity contribution in [1.82, 2.24) is 15.1 Å². The molecule has 2 N–H and O–H groups in total. The Morgan fingerprint density at radius 2 is 1.96 bits per heavy atom. The van der Waals surface area contributed by atoms with Crippen molar-refractivity contribution in [2.45, 2.75) is 20.3 Å². The Balaban J connectivity index is 1.69. The molecule has 0 aromatic heterocycles. The molecule has 0 aliphatic carbocycles. The van der Waals surface area contributed by atoms with Crippen LogP contribution in [0.3, 0.4) is 0 Å². The van der Waals surface area contributed by atoms with Gasteiger partial charge >= 0.3 is 6.03 Å². The molecule has 1 saturated heterocycles. The number of hydrogen-bond acceptors (Lipinski definition) is 5. The average molecular weight is 379 g/mol. The molecule has 1 aliphatic heterocycles. The van der Waals surface area contributed by atoms with E-state index in [1.807, 2.05) is 24.3 Å². The summed E-state index contributed by atoms with van der Waals surface area (Å²) < 4.78 is 11.2. The number of rotatable bonds is 11. The van der Waals surface area contributed by atoms with Crippen LogP contribution in [0, 0.1) is 0 Å². The second-order valence-electron chi connectivity index (χ2n) is 6.56. The molecule has 2 rings (SSSR count). The lowest BCUT2D eigenvalue weighted by Crippen LogP contribution is -2.38. The maximum atomic E-state index is 12.2. The maximum Gasteiger partial charge on any atom is 0.319 e. The summed E-state index contributed by atoms with van der Waals surface area (Å²) >= 11 is 0. The van der Waals surface area contributed by atoms with Gasteiger partial charge in [0.25, 0.3) is 0 Å². The number of ether oxygens (including phenoxy) is 2. The fourth-order valence-electron chi connectivity index (χ4n) is 3.02. The first-order valence-corrected chi connectivity index (χ1v) is 10.0. The summed E-state index contributed by atoms with van der Waals surface area (Å²) in [5.74, 6) is 0.702. The summed E-state index contributed by atoms with van der Waals surface area (Å²) in [6.45, 7) is 13.0. The minimum Gasteiger partial charge on any atom is -0.490 e. The number of benzene rings is 1. The lowest BCUT2D eigenvalue weighted by molar-refractivity contribution is 0.0375. The van der Waals surface area contributed by atoms with Gasteiger partial charge < -0.3 is 25.0 Å². The van der Waals surface area contributed by atoms with Crippen LogP contribution < -0.4 is 15.4 Å². The summed E-state index contributed by atoms with van der Waals surface area (Å²) in [6, 6.07) is 7.36. The smallest absolute Gasteiger partial charge is 0.319 e. The van der Waals surface area contributed by atoms with Gasteiger partial charge in [0, 0.05) is 26.2 Å². The third kappa shape index (κ3) is 8.15. The van der Waals surface area contributed by atoms with Gasteiger partial charge in [-0.05, 0) is 38.2 Å². The van der Waals surface area contributed by atoms with Gasteiger partial charge in [0.15, 0.2) is 0 Å². The molecule has 27 heavy (non-hydrogen) atoms. The minimum atomic E-state index is -0.197. The van der Waals surface area contributed by atoms with Crippen LogP contribution in [0.15, 0.2) is 24.3 Å². The number of carbonyl (C=O) groups is 1. The summed E-state index contributed by atoms with van der Waals surface area (Å²) in [5.41, 5.74) is 0.697. The third-order valence-corrected chi connectivity index (χ3v) is 4.74. The number of anilines is 1.